The first kappa shape index (κ1) is 30.8. The summed E-state index contributed by atoms with van der Waals surface area (Å²) in [5.41, 5.74) is 3.43. The highest BCUT2D eigenvalue weighted by Crippen LogP contribution is 2.42. The number of ether oxygens (including phenoxy) is 3. The molecule has 0 spiro atoms. The van der Waals surface area contributed by atoms with Gasteiger partial charge in [0.1, 0.15) is 13.2 Å². The SMILES string of the molecule is CC(C)(C)c1cc(OCCOCCOc2cc(C(C)(C)C)cc(C(C)(C)C)c2O)c(O)c(C(C)(C)C)c1. The van der Waals surface area contributed by atoms with Crippen LogP contribution in [0.1, 0.15) is 105 Å². The number of benzene rings is 2. The molecule has 5 nitrogen and oxygen atoms in total. The van der Waals surface area contributed by atoms with Crippen LogP contribution in [0, 0.1) is 0 Å². The quantitative estimate of drug-likeness (QED) is 0.352. The lowest BCUT2D eigenvalue weighted by atomic mass is 9.80. The van der Waals surface area contributed by atoms with Crippen LogP contribution in [0.15, 0.2) is 24.3 Å². The molecule has 0 fully saturated rings. The van der Waals surface area contributed by atoms with Gasteiger partial charge in [0.2, 0.25) is 0 Å². The molecule has 0 bridgehead atoms. The molecule has 0 unspecified atom stereocenters. The Morgan fingerprint density at radius 3 is 1.08 bits per heavy atom. The van der Waals surface area contributed by atoms with Crippen molar-refractivity contribution in [2.24, 2.45) is 0 Å². The van der Waals surface area contributed by atoms with E-state index in [0.717, 1.165) is 22.3 Å². The fraction of sp³-hybridized carbons (Fsp3) is 0.625. The zero-order valence-electron chi connectivity index (χ0n) is 25.3. The van der Waals surface area contributed by atoms with E-state index in [9.17, 15) is 10.2 Å². The maximum Gasteiger partial charge on any atom is 0.161 e. The average Bonchev–Trinajstić information content (AvgIpc) is 2.71. The molecule has 37 heavy (non-hydrogen) atoms. The Kier molecular flexibility index (Phi) is 9.29. The lowest BCUT2D eigenvalue weighted by Crippen LogP contribution is -2.18. The summed E-state index contributed by atoms with van der Waals surface area (Å²) in [4.78, 5) is 0. The summed E-state index contributed by atoms with van der Waals surface area (Å²) in [5.74, 6) is 1.34. The lowest BCUT2D eigenvalue weighted by Gasteiger charge is -2.27. The van der Waals surface area contributed by atoms with Crippen LogP contribution in [-0.4, -0.2) is 36.6 Å². The van der Waals surface area contributed by atoms with Gasteiger partial charge in [0.15, 0.2) is 23.0 Å². The topological polar surface area (TPSA) is 68.2 Å². The molecule has 208 valence electrons. The van der Waals surface area contributed by atoms with Crippen LogP contribution in [0.4, 0.5) is 0 Å². The molecule has 2 rings (SSSR count). The third-order valence-corrected chi connectivity index (χ3v) is 6.47. The summed E-state index contributed by atoms with van der Waals surface area (Å²) < 4.78 is 17.6. The van der Waals surface area contributed by atoms with E-state index >= 15 is 0 Å². The van der Waals surface area contributed by atoms with Crippen LogP contribution in [0.2, 0.25) is 0 Å². The summed E-state index contributed by atoms with van der Waals surface area (Å²) in [6, 6.07) is 7.99. The second-order valence-corrected chi connectivity index (χ2v) is 14.1. The van der Waals surface area contributed by atoms with Crippen LogP contribution >= 0.6 is 0 Å². The van der Waals surface area contributed by atoms with E-state index in [2.05, 4.69) is 95.2 Å². The summed E-state index contributed by atoms with van der Waals surface area (Å²) >= 11 is 0. The minimum Gasteiger partial charge on any atom is -0.504 e. The number of hydrogen-bond donors (Lipinski definition) is 2. The fourth-order valence-corrected chi connectivity index (χ4v) is 3.97. The monoisotopic (exact) mass is 514 g/mol. The van der Waals surface area contributed by atoms with Crippen molar-refractivity contribution >= 4 is 0 Å². The number of rotatable bonds is 8. The van der Waals surface area contributed by atoms with Crippen molar-refractivity contribution in [1.82, 2.24) is 0 Å². The Hall–Kier alpha value is -2.40. The van der Waals surface area contributed by atoms with Crippen LogP contribution in [0.25, 0.3) is 0 Å². The number of phenolic OH excluding ortho intramolecular Hbond substituents is 2. The third-order valence-electron chi connectivity index (χ3n) is 6.47. The Morgan fingerprint density at radius 1 is 0.486 bits per heavy atom. The van der Waals surface area contributed by atoms with E-state index in [0.29, 0.717) is 37.9 Å². The largest absolute Gasteiger partial charge is 0.504 e. The average molecular weight is 515 g/mol. The van der Waals surface area contributed by atoms with Gasteiger partial charge < -0.3 is 24.4 Å². The van der Waals surface area contributed by atoms with Gasteiger partial charge in [-0.25, -0.2) is 0 Å². The number of hydrogen-bond acceptors (Lipinski definition) is 5. The first-order valence-electron chi connectivity index (χ1n) is 13.3. The molecule has 0 saturated carbocycles. The summed E-state index contributed by atoms with van der Waals surface area (Å²) in [5, 5.41) is 21.7. The van der Waals surface area contributed by atoms with E-state index in [4.69, 9.17) is 14.2 Å². The Morgan fingerprint density at radius 2 is 0.811 bits per heavy atom. The van der Waals surface area contributed by atoms with E-state index in [-0.39, 0.29) is 33.2 Å². The fourth-order valence-electron chi connectivity index (χ4n) is 3.97. The van der Waals surface area contributed by atoms with Crippen LogP contribution < -0.4 is 9.47 Å². The molecular formula is C32H50O5. The molecule has 0 heterocycles. The molecule has 0 amide bonds. The normalized spacial score (nSPS) is 13.1. The second kappa shape index (κ2) is 11.1. The maximum absolute atomic E-state index is 10.9. The van der Waals surface area contributed by atoms with Crippen LogP contribution in [0.3, 0.4) is 0 Å². The Labute approximate surface area is 225 Å². The zero-order chi connectivity index (χ0) is 28.4. The summed E-state index contributed by atoms with van der Waals surface area (Å²) in [6.45, 7) is 26.7. The van der Waals surface area contributed by atoms with E-state index in [1.165, 1.54) is 0 Å². The predicted octanol–water partition coefficient (Wildman–Crippen LogP) is 7.76. The molecular weight excluding hydrogens is 464 g/mol. The van der Waals surface area contributed by atoms with Crippen molar-refractivity contribution in [1.29, 1.82) is 0 Å². The van der Waals surface area contributed by atoms with Gasteiger partial charge in [0, 0.05) is 11.1 Å². The summed E-state index contributed by atoms with van der Waals surface area (Å²) in [6.07, 6.45) is 0. The van der Waals surface area contributed by atoms with Crippen molar-refractivity contribution in [2.75, 3.05) is 26.4 Å². The van der Waals surface area contributed by atoms with E-state index in [1.807, 2.05) is 12.1 Å². The molecule has 2 aromatic carbocycles. The molecule has 2 aromatic rings. The molecule has 5 heteroatoms. The van der Waals surface area contributed by atoms with Gasteiger partial charge in [-0.2, -0.15) is 0 Å². The highest BCUT2D eigenvalue weighted by atomic mass is 16.5. The highest BCUT2D eigenvalue weighted by molar-refractivity contribution is 5.53. The van der Waals surface area contributed by atoms with Gasteiger partial charge >= 0.3 is 0 Å². The Bertz CT molecular complexity index is 972. The predicted molar refractivity (Wildman–Crippen MR) is 153 cm³/mol. The van der Waals surface area contributed by atoms with E-state index in [1.54, 1.807) is 0 Å². The first-order valence-corrected chi connectivity index (χ1v) is 13.3. The van der Waals surface area contributed by atoms with Crippen molar-refractivity contribution in [3.63, 3.8) is 0 Å². The summed E-state index contributed by atoms with van der Waals surface area (Å²) in [7, 11) is 0. The third kappa shape index (κ3) is 8.29. The Balaban J connectivity index is 2.00. The second-order valence-electron chi connectivity index (χ2n) is 14.1. The number of aromatic hydroxyl groups is 2. The molecule has 0 saturated heterocycles. The van der Waals surface area contributed by atoms with Crippen molar-refractivity contribution in [3.8, 4) is 23.0 Å². The van der Waals surface area contributed by atoms with Gasteiger partial charge in [-0.3, -0.25) is 0 Å². The van der Waals surface area contributed by atoms with Gasteiger partial charge in [0.25, 0.3) is 0 Å². The molecule has 0 aliphatic carbocycles. The van der Waals surface area contributed by atoms with Gasteiger partial charge in [-0.15, -0.1) is 0 Å². The standard InChI is InChI=1S/C32H50O5/c1-29(2,3)21-17-23(31(7,8)9)27(33)25(19-21)36-15-13-35-14-16-37-26-20-22(30(4,5)6)18-24(28(26)34)32(10,11)12/h17-20,33-34H,13-16H2,1-12H3. The van der Waals surface area contributed by atoms with Crippen molar-refractivity contribution in [2.45, 2.75) is 105 Å². The molecule has 0 atom stereocenters. The molecule has 2 N–H and O–H groups in total. The minimum atomic E-state index is -0.208. The van der Waals surface area contributed by atoms with Crippen LogP contribution in [0.5, 0.6) is 23.0 Å². The number of phenols is 2. The lowest BCUT2D eigenvalue weighted by molar-refractivity contribution is 0.0749. The van der Waals surface area contributed by atoms with E-state index < -0.39 is 0 Å². The molecule has 0 aliphatic rings. The van der Waals surface area contributed by atoms with Gasteiger partial charge in [0.05, 0.1) is 13.2 Å². The smallest absolute Gasteiger partial charge is 0.161 e. The van der Waals surface area contributed by atoms with Gasteiger partial charge in [-0.05, 0) is 44.9 Å². The maximum atomic E-state index is 10.9. The molecule has 0 radical (unpaired) electrons. The first-order chi connectivity index (χ1) is 16.7. The van der Waals surface area contributed by atoms with Gasteiger partial charge in [-0.1, -0.05) is 95.2 Å². The highest BCUT2D eigenvalue weighted by Gasteiger charge is 2.27. The molecule has 0 aromatic heterocycles. The minimum absolute atomic E-state index is 0.0671. The van der Waals surface area contributed by atoms with Crippen LogP contribution in [-0.2, 0) is 26.4 Å². The van der Waals surface area contributed by atoms with Crippen molar-refractivity contribution < 1.29 is 24.4 Å². The zero-order valence-corrected chi connectivity index (χ0v) is 25.3. The molecule has 0 aliphatic heterocycles. The van der Waals surface area contributed by atoms with Crippen molar-refractivity contribution in [3.05, 3.63) is 46.5 Å².